The fraction of sp³-hybridized carbons (Fsp3) is 0.400. The summed E-state index contributed by atoms with van der Waals surface area (Å²) in [6, 6.07) is 8.73. The molecule has 3 heteroatoms. The first kappa shape index (κ1) is 14.3. The van der Waals surface area contributed by atoms with Gasteiger partial charge >= 0.3 is 0 Å². The molecule has 1 rings (SSSR count). The first-order valence-corrected chi connectivity index (χ1v) is 5.98. The van der Waals surface area contributed by atoms with E-state index in [2.05, 4.69) is 0 Å². The third-order valence-corrected chi connectivity index (χ3v) is 3.29. The van der Waals surface area contributed by atoms with Gasteiger partial charge in [0.2, 0.25) is 0 Å². The molecule has 96 valence electrons. The molecule has 0 N–H and O–H groups in total. The quantitative estimate of drug-likeness (QED) is 0.573. The Morgan fingerprint density at radius 2 is 1.61 bits per heavy atom. The number of Topliss-reactive ketones (excluding diaryl/α,β-unsaturated/α-hetero) is 3. The van der Waals surface area contributed by atoms with Crippen LogP contribution in [0.1, 0.15) is 44.0 Å². The second-order valence-corrected chi connectivity index (χ2v) is 4.79. The van der Waals surface area contributed by atoms with Crippen LogP contribution in [0.5, 0.6) is 0 Å². The van der Waals surface area contributed by atoms with E-state index >= 15 is 0 Å². The van der Waals surface area contributed by atoms with Crippen molar-refractivity contribution in [1.82, 2.24) is 0 Å². The van der Waals surface area contributed by atoms with E-state index in [1.54, 1.807) is 31.2 Å². The Kier molecular flexibility index (Phi) is 4.54. The largest absolute Gasteiger partial charge is 0.300 e. The Morgan fingerprint density at radius 1 is 1.06 bits per heavy atom. The molecule has 0 unspecified atom stereocenters. The minimum atomic E-state index is -1.10. The second kappa shape index (κ2) is 5.71. The second-order valence-electron chi connectivity index (χ2n) is 4.79. The van der Waals surface area contributed by atoms with E-state index in [-0.39, 0.29) is 30.2 Å². The molecule has 0 aliphatic carbocycles. The Bertz CT molecular complexity index is 462. The molecule has 0 aliphatic rings. The summed E-state index contributed by atoms with van der Waals surface area (Å²) < 4.78 is 0. The van der Waals surface area contributed by atoms with Gasteiger partial charge in [-0.15, -0.1) is 0 Å². The van der Waals surface area contributed by atoms with Crippen LogP contribution in [0, 0.1) is 5.41 Å². The zero-order chi connectivity index (χ0) is 13.8. The lowest BCUT2D eigenvalue weighted by atomic mass is 9.75. The molecule has 0 fully saturated rings. The third-order valence-electron chi connectivity index (χ3n) is 3.29. The van der Waals surface area contributed by atoms with Crippen LogP contribution in [0.4, 0.5) is 0 Å². The zero-order valence-electron chi connectivity index (χ0n) is 11.0. The first-order chi connectivity index (χ1) is 8.38. The summed E-state index contributed by atoms with van der Waals surface area (Å²) in [5.74, 6) is -0.419. The summed E-state index contributed by atoms with van der Waals surface area (Å²) in [6.45, 7) is 4.49. The van der Waals surface area contributed by atoms with E-state index < -0.39 is 5.41 Å². The normalized spacial score (nSPS) is 13.7. The van der Waals surface area contributed by atoms with Gasteiger partial charge in [0.05, 0.1) is 5.41 Å². The van der Waals surface area contributed by atoms with Gasteiger partial charge in [-0.1, -0.05) is 30.3 Å². The summed E-state index contributed by atoms with van der Waals surface area (Å²) >= 11 is 0. The average Bonchev–Trinajstić information content (AvgIpc) is 2.35. The predicted octanol–water partition coefficient (Wildman–Crippen LogP) is 2.83. The van der Waals surface area contributed by atoms with Crippen molar-refractivity contribution in [2.45, 2.75) is 33.6 Å². The molecule has 1 aromatic rings. The minimum Gasteiger partial charge on any atom is -0.300 e. The molecule has 1 aromatic carbocycles. The Morgan fingerprint density at radius 3 is 2.06 bits per heavy atom. The molecular formula is C15H18O3. The highest BCUT2D eigenvalue weighted by atomic mass is 16.2. The summed E-state index contributed by atoms with van der Waals surface area (Å²) in [4.78, 5) is 35.2. The van der Waals surface area contributed by atoms with Crippen molar-refractivity contribution in [2.24, 2.45) is 5.41 Å². The van der Waals surface area contributed by atoms with E-state index in [0.717, 1.165) is 0 Å². The highest BCUT2D eigenvalue weighted by molar-refractivity contribution is 6.13. The van der Waals surface area contributed by atoms with Gasteiger partial charge in [0.1, 0.15) is 11.6 Å². The predicted molar refractivity (Wildman–Crippen MR) is 69.5 cm³/mol. The van der Waals surface area contributed by atoms with Crippen LogP contribution in [-0.4, -0.2) is 17.3 Å². The van der Waals surface area contributed by atoms with Gasteiger partial charge in [-0.2, -0.15) is 0 Å². The molecule has 1 atom stereocenters. The van der Waals surface area contributed by atoms with E-state index in [9.17, 15) is 14.4 Å². The maximum Gasteiger partial charge on any atom is 0.176 e. The van der Waals surface area contributed by atoms with Crippen molar-refractivity contribution in [3.8, 4) is 0 Å². The van der Waals surface area contributed by atoms with E-state index in [1.807, 2.05) is 6.07 Å². The lowest BCUT2D eigenvalue weighted by Gasteiger charge is -2.24. The van der Waals surface area contributed by atoms with Crippen LogP contribution in [0.15, 0.2) is 30.3 Å². The van der Waals surface area contributed by atoms with Gasteiger partial charge in [0.15, 0.2) is 5.78 Å². The van der Waals surface area contributed by atoms with Crippen molar-refractivity contribution in [3.05, 3.63) is 35.9 Å². The molecule has 3 nitrogen and oxygen atoms in total. The highest BCUT2D eigenvalue weighted by Gasteiger charge is 2.38. The average molecular weight is 246 g/mol. The van der Waals surface area contributed by atoms with Gasteiger partial charge in [0, 0.05) is 12.0 Å². The molecule has 0 amide bonds. The fourth-order valence-electron chi connectivity index (χ4n) is 1.78. The highest BCUT2D eigenvalue weighted by Crippen LogP contribution is 2.29. The van der Waals surface area contributed by atoms with Crippen LogP contribution in [-0.2, 0) is 9.59 Å². The molecule has 0 bridgehead atoms. The number of hydrogen-bond acceptors (Lipinski definition) is 3. The summed E-state index contributed by atoms with van der Waals surface area (Å²) in [5.41, 5.74) is -0.591. The summed E-state index contributed by atoms with van der Waals surface area (Å²) in [5, 5.41) is 0. The molecule has 0 aromatic heterocycles. The first-order valence-electron chi connectivity index (χ1n) is 5.98. The molecule has 0 spiro atoms. The molecule has 0 heterocycles. The van der Waals surface area contributed by atoms with Crippen molar-refractivity contribution >= 4 is 17.3 Å². The number of rotatable bonds is 6. The Labute approximate surface area is 107 Å². The smallest absolute Gasteiger partial charge is 0.176 e. The van der Waals surface area contributed by atoms with E-state index in [0.29, 0.717) is 5.56 Å². The molecule has 0 saturated heterocycles. The lowest BCUT2D eigenvalue weighted by Crippen LogP contribution is -2.35. The van der Waals surface area contributed by atoms with Gasteiger partial charge in [0.25, 0.3) is 0 Å². The Hall–Kier alpha value is -1.77. The van der Waals surface area contributed by atoms with Gasteiger partial charge in [-0.05, 0) is 27.2 Å². The molecule has 0 aliphatic heterocycles. The summed E-state index contributed by atoms with van der Waals surface area (Å²) in [7, 11) is 0. The topological polar surface area (TPSA) is 51.2 Å². The van der Waals surface area contributed by atoms with Gasteiger partial charge in [-0.25, -0.2) is 0 Å². The number of ketones is 3. The van der Waals surface area contributed by atoms with E-state index in [1.165, 1.54) is 13.8 Å². The number of carbonyl (C=O) groups excluding carboxylic acids is 3. The molecule has 18 heavy (non-hydrogen) atoms. The molecular weight excluding hydrogens is 228 g/mol. The van der Waals surface area contributed by atoms with Crippen LogP contribution < -0.4 is 0 Å². The SMILES string of the molecule is CC(=O)CC[C@](C)(C(C)=O)C(=O)c1ccccc1. The van der Waals surface area contributed by atoms with E-state index in [4.69, 9.17) is 0 Å². The standard InChI is InChI=1S/C15H18O3/c1-11(16)9-10-15(3,12(2)17)14(18)13-7-5-4-6-8-13/h4-8H,9-10H2,1-3H3/t15-/m1/s1. The number of carbonyl (C=O) groups is 3. The minimum absolute atomic E-state index is 0.0108. The Balaban J connectivity index is 3.01. The van der Waals surface area contributed by atoms with Crippen molar-refractivity contribution in [3.63, 3.8) is 0 Å². The summed E-state index contributed by atoms with van der Waals surface area (Å²) in [6.07, 6.45) is 0.514. The van der Waals surface area contributed by atoms with Crippen LogP contribution in [0.2, 0.25) is 0 Å². The van der Waals surface area contributed by atoms with Crippen molar-refractivity contribution in [2.75, 3.05) is 0 Å². The monoisotopic (exact) mass is 246 g/mol. The maximum atomic E-state index is 12.4. The zero-order valence-corrected chi connectivity index (χ0v) is 11.0. The van der Waals surface area contributed by atoms with Crippen molar-refractivity contribution in [1.29, 1.82) is 0 Å². The third kappa shape index (κ3) is 3.13. The van der Waals surface area contributed by atoms with Crippen LogP contribution in [0.25, 0.3) is 0 Å². The maximum absolute atomic E-state index is 12.4. The van der Waals surface area contributed by atoms with Gasteiger partial charge < -0.3 is 4.79 Å². The van der Waals surface area contributed by atoms with Gasteiger partial charge in [-0.3, -0.25) is 9.59 Å². The van der Waals surface area contributed by atoms with Crippen LogP contribution in [0.3, 0.4) is 0 Å². The number of benzene rings is 1. The van der Waals surface area contributed by atoms with Crippen LogP contribution >= 0.6 is 0 Å². The molecule has 0 saturated carbocycles. The molecule has 0 radical (unpaired) electrons. The lowest BCUT2D eigenvalue weighted by molar-refractivity contribution is -0.124. The fourth-order valence-corrected chi connectivity index (χ4v) is 1.78. The number of hydrogen-bond donors (Lipinski definition) is 0. The van der Waals surface area contributed by atoms with Crippen molar-refractivity contribution < 1.29 is 14.4 Å².